The van der Waals surface area contributed by atoms with Crippen molar-refractivity contribution in [2.75, 3.05) is 31.9 Å². The summed E-state index contributed by atoms with van der Waals surface area (Å²) < 4.78 is 0. The molecule has 1 aromatic heterocycles. The molecule has 3 aliphatic rings. The number of hydrogen-bond donors (Lipinski definition) is 9. The van der Waals surface area contributed by atoms with Gasteiger partial charge in [-0.15, -0.1) is 11.3 Å². The Kier molecular flexibility index (Phi) is 11.2. The number of fused-ring (bicyclic) bond motifs is 1. The molecule has 3 atom stereocenters. The van der Waals surface area contributed by atoms with Crippen molar-refractivity contribution in [3.8, 4) is 11.5 Å². The van der Waals surface area contributed by atoms with Crippen LogP contribution in [0.4, 0.5) is 9.93 Å². The summed E-state index contributed by atoms with van der Waals surface area (Å²) in [5, 5.41) is 60.6. The molecule has 294 valence electrons. The number of thioether (sulfide) groups is 1. The molecular formula is C29H31ClN10O13S2. The largest absolute Gasteiger partial charge is 0.504 e. The van der Waals surface area contributed by atoms with Gasteiger partial charge in [0.15, 0.2) is 28.1 Å². The molecule has 3 fully saturated rings. The average Bonchev–Trinajstić information content (AvgIpc) is 3.83. The van der Waals surface area contributed by atoms with E-state index in [4.69, 9.17) is 22.2 Å². The van der Waals surface area contributed by atoms with Crippen LogP contribution in [0.5, 0.6) is 11.5 Å². The number of carbonyl (C=O) groups excluding carboxylic acids is 5. The fraction of sp³-hybridized carbons (Fsp3) is 0.379. The number of halogens is 1. The number of carboxylic acids is 2. The summed E-state index contributed by atoms with van der Waals surface area (Å²) in [5.74, 6) is -7.71. The van der Waals surface area contributed by atoms with Crippen LogP contribution in [-0.2, 0) is 33.6 Å². The van der Waals surface area contributed by atoms with Crippen molar-refractivity contribution in [1.29, 1.82) is 0 Å². The quantitative estimate of drug-likeness (QED) is 0.0352. The minimum atomic E-state index is -2.04. The van der Waals surface area contributed by atoms with E-state index < -0.39 is 104 Å². The molecule has 1 aromatic carbocycles. The number of phenolic OH excluding ortho intramolecular Hbond substituents is 2. The van der Waals surface area contributed by atoms with Gasteiger partial charge >= 0.3 is 18.0 Å². The van der Waals surface area contributed by atoms with Crippen LogP contribution in [0.2, 0.25) is 5.02 Å². The van der Waals surface area contributed by atoms with Crippen LogP contribution in [0, 0.1) is 0 Å². The molecule has 26 heteroatoms. The third kappa shape index (κ3) is 7.65. The van der Waals surface area contributed by atoms with E-state index in [1.807, 2.05) is 0 Å². The van der Waals surface area contributed by atoms with Gasteiger partial charge in [-0.05, 0) is 26.0 Å². The maximum absolute atomic E-state index is 13.4. The van der Waals surface area contributed by atoms with Gasteiger partial charge in [0.05, 0.1) is 18.1 Å². The van der Waals surface area contributed by atoms with Gasteiger partial charge in [-0.3, -0.25) is 29.5 Å². The second-order valence-corrected chi connectivity index (χ2v) is 15.0. The van der Waals surface area contributed by atoms with E-state index in [1.54, 1.807) is 0 Å². The summed E-state index contributed by atoms with van der Waals surface area (Å²) in [4.78, 5) is 98.7. The van der Waals surface area contributed by atoms with Crippen molar-refractivity contribution >= 4 is 92.9 Å². The fourth-order valence-electron chi connectivity index (χ4n) is 5.33. The van der Waals surface area contributed by atoms with E-state index in [9.17, 15) is 59.2 Å². The number of rotatable bonds is 14. The van der Waals surface area contributed by atoms with E-state index in [2.05, 4.69) is 31.4 Å². The number of carboxylic acid groups (broad SMARTS) is 2. The van der Waals surface area contributed by atoms with Crippen molar-refractivity contribution in [2.24, 2.45) is 10.3 Å². The Labute approximate surface area is 321 Å². The third-order valence-corrected chi connectivity index (χ3v) is 11.1. The molecule has 10 N–H and O–H groups in total. The average molecular weight is 827 g/mol. The summed E-state index contributed by atoms with van der Waals surface area (Å²) in [7, 11) is 0. The van der Waals surface area contributed by atoms with Crippen molar-refractivity contribution < 1.29 is 64.0 Å². The highest BCUT2D eigenvalue weighted by Crippen LogP contribution is 2.49. The molecular weight excluding hydrogens is 796 g/mol. The SMILES string of the molecule is CC(C)(O/N=C(\C(=O)NC1C(=O)N2C[C@@](C(=O)O)(N3CCN(NC(=O)CCNC(=O)/C(=N\O)c4ccc(O)c(O)c4Cl)C3=O)S[C@H]12)c1csc(N)n1)C(=O)O. The number of aromatic hydroxyl groups is 2. The van der Waals surface area contributed by atoms with E-state index >= 15 is 0 Å². The number of hydrogen-bond acceptors (Lipinski definition) is 17. The van der Waals surface area contributed by atoms with Gasteiger partial charge in [-0.2, -0.15) is 0 Å². The van der Waals surface area contributed by atoms with Crippen molar-refractivity contribution in [3.63, 3.8) is 0 Å². The first-order valence-corrected chi connectivity index (χ1v) is 17.8. The molecule has 0 aliphatic carbocycles. The van der Waals surface area contributed by atoms with Crippen molar-refractivity contribution in [2.45, 2.75) is 42.2 Å². The summed E-state index contributed by atoms with van der Waals surface area (Å²) in [6, 6.07) is -0.109. The van der Waals surface area contributed by atoms with Gasteiger partial charge < -0.3 is 51.7 Å². The normalized spacial score (nSPS) is 21.2. The van der Waals surface area contributed by atoms with E-state index in [0.29, 0.717) is 11.8 Å². The number of oxime groups is 2. The lowest BCUT2D eigenvalue weighted by atomic mass is 10.1. The van der Waals surface area contributed by atoms with Crippen LogP contribution in [-0.4, -0.2) is 147 Å². The van der Waals surface area contributed by atoms with Crippen LogP contribution in [0.25, 0.3) is 0 Å². The maximum Gasteiger partial charge on any atom is 0.350 e. The van der Waals surface area contributed by atoms with Gasteiger partial charge in [0.2, 0.25) is 22.3 Å². The van der Waals surface area contributed by atoms with Crippen LogP contribution in [0.15, 0.2) is 27.8 Å². The fourth-order valence-corrected chi connectivity index (χ4v) is 7.76. The number of aromatic nitrogens is 1. The van der Waals surface area contributed by atoms with Gasteiger partial charge in [0.25, 0.3) is 11.8 Å². The molecule has 3 saturated heterocycles. The monoisotopic (exact) mass is 826 g/mol. The predicted molar refractivity (Wildman–Crippen MR) is 189 cm³/mol. The lowest BCUT2D eigenvalue weighted by Crippen LogP contribution is -2.68. The Bertz CT molecular complexity index is 2040. The Morgan fingerprint density at radius 2 is 1.84 bits per heavy atom. The number of nitrogens with zero attached hydrogens (tertiary/aromatic N) is 6. The smallest absolute Gasteiger partial charge is 0.350 e. The van der Waals surface area contributed by atoms with E-state index in [1.165, 1.54) is 19.2 Å². The molecule has 23 nitrogen and oxygen atoms in total. The number of carbonyl (C=O) groups is 7. The number of amides is 6. The summed E-state index contributed by atoms with van der Waals surface area (Å²) in [5.41, 5.74) is 4.69. The highest BCUT2D eigenvalue weighted by atomic mass is 35.5. The molecule has 0 saturated carbocycles. The summed E-state index contributed by atoms with van der Waals surface area (Å²) >= 11 is 7.58. The summed E-state index contributed by atoms with van der Waals surface area (Å²) in [6.07, 6.45) is -0.412. The molecule has 6 amide bonds. The lowest BCUT2D eigenvalue weighted by Gasteiger charge is -2.41. The molecule has 3 aliphatic heterocycles. The number of anilines is 1. The minimum Gasteiger partial charge on any atom is -0.504 e. The molecule has 0 radical (unpaired) electrons. The molecule has 55 heavy (non-hydrogen) atoms. The number of phenols is 2. The Hall–Kier alpha value is -6.08. The molecule has 2 aromatic rings. The number of thiazole rings is 1. The van der Waals surface area contributed by atoms with Crippen molar-refractivity contribution in [3.05, 3.63) is 33.8 Å². The highest BCUT2D eigenvalue weighted by Gasteiger charge is 2.66. The zero-order valence-corrected chi connectivity index (χ0v) is 30.8. The van der Waals surface area contributed by atoms with Gasteiger partial charge in [-0.1, -0.05) is 33.7 Å². The Morgan fingerprint density at radius 3 is 2.45 bits per heavy atom. The minimum absolute atomic E-state index is 0.0469. The van der Waals surface area contributed by atoms with E-state index in [0.717, 1.165) is 38.3 Å². The Morgan fingerprint density at radius 1 is 1.13 bits per heavy atom. The van der Waals surface area contributed by atoms with Crippen LogP contribution in [0.1, 0.15) is 31.5 Å². The lowest BCUT2D eigenvalue weighted by molar-refractivity contribution is -0.161. The number of nitrogen functional groups attached to an aromatic ring is 1. The molecule has 0 spiro atoms. The topological polar surface area (TPSA) is 339 Å². The molecule has 0 bridgehead atoms. The number of benzene rings is 1. The zero-order valence-electron chi connectivity index (χ0n) is 28.4. The van der Waals surface area contributed by atoms with Crippen LogP contribution < -0.4 is 21.8 Å². The van der Waals surface area contributed by atoms with Gasteiger partial charge in [0, 0.05) is 30.5 Å². The number of nitrogens with one attached hydrogen (secondary N) is 3. The molecule has 1 unspecified atom stereocenters. The number of nitrogens with two attached hydrogens (primary N) is 1. The third-order valence-electron chi connectivity index (χ3n) is 8.33. The first-order chi connectivity index (χ1) is 25.8. The maximum atomic E-state index is 13.4. The first kappa shape index (κ1) is 40.1. The van der Waals surface area contributed by atoms with Crippen molar-refractivity contribution in [1.82, 2.24) is 35.9 Å². The second-order valence-electron chi connectivity index (χ2n) is 12.3. The summed E-state index contributed by atoms with van der Waals surface area (Å²) in [6.45, 7) is 1.18. The van der Waals surface area contributed by atoms with Crippen LogP contribution >= 0.6 is 34.7 Å². The van der Waals surface area contributed by atoms with Crippen LogP contribution in [0.3, 0.4) is 0 Å². The zero-order chi connectivity index (χ0) is 40.6. The van der Waals surface area contributed by atoms with E-state index in [-0.39, 0.29) is 36.0 Å². The molecule has 5 rings (SSSR count). The van der Waals surface area contributed by atoms with Gasteiger partial charge in [-0.25, -0.2) is 24.4 Å². The predicted octanol–water partition coefficient (Wildman–Crippen LogP) is -1.29. The molecule has 4 heterocycles. The highest BCUT2D eigenvalue weighted by molar-refractivity contribution is 8.02. The number of aliphatic carboxylic acids is 2. The standard InChI is InChI=1S/C29H31ClN10O13S2/c1-28(2,24(47)48)53-37-17(12-9-54-26(31)33-12)21(45)34-18-22(46)38-10-29(25(49)50,55-23(18)38)39-7-8-40(27(39)51)35-14(42)5-6-32-20(44)16(36-52)11-3-4-13(41)19(43)15(11)30/h3-4,9,18,23,41,43,52H,5-8,10H2,1-2H3,(H2,31,33)(H,32,44)(H,34,45)(H,35,42)(H,47,48)(H,49,50)/b36-16-,37-17-/t18?,23-,29-/m1/s1. The number of urea groups is 1. The number of β-lactam (4-membered cyclic amide) rings is 1. The van der Waals surface area contributed by atoms with Gasteiger partial charge in [0.1, 0.15) is 17.1 Å². The second kappa shape index (κ2) is 15.3. The number of hydrazine groups is 1. The first-order valence-electron chi connectivity index (χ1n) is 15.7. The Balaban J connectivity index is 1.20.